The minimum atomic E-state index is 1.07. The summed E-state index contributed by atoms with van der Waals surface area (Å²) in [6.07, 6.45) is 6.35. The number of hydrogen-bond acceptors (Lipinski definition) is 2. The lowest BCUT2D eigenvalue weighted by atomic mass is 10.3. The van der Waals surface area contributed by atoms with Crippen molar-refractivity contribution in [3.63, 3.8) is 0 Å². The Hall–Kier alpha value is -0.0200. The van der Waals surface area contributed by atoms with Crippen molar-refractivity contribution in [2.24, 2.45) is 0 Å². The van der Waals surface area contributed by atoms with Crippen LogP contribution in [0.15, 0.2) is 22.9 Å². The highest BCUT2D eigenvalue weighted by Crippen LogP contribution is 2.16. The van der Waals surface area contributed by atoms with E-state index < -0.39 is 0 Å². The van der Waals surface area contributed by atoms with E-state index in [-0.39, 0.29) is 0 Å². The minimum absolute atomic E-state index is 1.07. The summed E-state index contributed by atoms with van der Waals surface area (Å²) >= 11 is 5.39. The van der Waals surface area contributed by atoms with E-state index in [4.69, 9.17) is 0 Å². The van der Waals surface area contributed by atoms with Crippen molar-refractivity contribution < 1.29 is 0 Å². The highest BCUT2D eigenvalue weighted by Gasteiger charge is 1.94. The Kier molecular flexibility index (Phi) is 5.47. The predicted molar refractivity (Wildman–Crippen MR) is 63.0 cm³/mol. The molecule has 1 rings (SSSR count). The molecule has 0 bridgehead atoms. The number of rotatable bonds is 5. The van der Waals surface area contributed by atoms with Crippen LogP contribution in [-0.4, -0.2) is 10.7 Å². The largest absolute Gasteiger partial charge is 0.263 e. The molecule has 0 fully saturated rings. The number of nitrogens with zero attached hydrogens (tertiary/aromatic N) is 1. The van der Waals surface area contributed by atoms with E-state index in [2.05, 4.69) is 33.9 Å². The van der Waals surface area contributed by atoms with Gasteiger partial charge >= 0.3 is 0 Å². The van der Waals surface area contributed by atoms with Gasteiger partial charge in [-0.1, -0.05) is 13.3 Å². The first-order valence-electron chi connectivity index (χ1n) is 4.50. The molecular formula is C10H14BrNS. The van der Waals surface area contributed by atoms with Gasteiger partial charge in [0.25, 0.3) is 0 Å². The lowest BCUT2D eigenvalue weighted by Crippen LogP contribution is -1.84. The van der Waals surface area contributed by atoms with Crippen molar-refractivity contribution >= 4 is 27.7 Å². The molecule has 0 radical (unpaired) electrons. The van der Waals surface area contributed by atoms with Crippen LogP contribution in [0.2, 0.25) is 0 Å². The fraction of sp³-hybridized carbons (Fsp3) is 0.500. The zero-order valence-electron chi connectivity index (χ0n) is 7.79. The van der Waals surface area contributed by atoms with Crippen LogP contribution < -0.4 is 0 Å². The van der Waals surface area contributed by atoms with Gasteiger partial charge in [0, 0.05) is 22.6 Å². The maximum atomic E-state index is 4.12. The van der Waals surface area contributed by atoms with Crippen LogP contribution in [0.1, 0.15) is 25.3 Å². The fourth-order valence-electron chi connectivity index (χ4n) is 0.971. The summed E-state index contributed by atoms with van der Waals surface area (Å²) in [6.45, 7) is 2.22. The smallest absolute Gasteiger partial charge is 0.0410 e. The Bertz CT molecular complexity index is 252. The average molecular weight is 260 g/mol. The number of thioether (sulfide) groups is 1. The highest BCUT2D eigenvalue weighted by molar-refractivity contribution is 9.10. The summed E-state index contributed by atoms with van der Waals surface area (Å²) in [6, 6.07) is 2.13. The zero-order valence-corrected chi connectivity index (χ0v) is 10.2. The highest BCUT2D eigenvalue weighted by atomic mass is 79.9. The Morgan fingerprint density at radius 1 is 1.46 bits per heavy atom. The predicted octanol–water partition coefficient (Wildman–Crippen LogP) is 3.88. The SMILES string of the molecule is CCCCSCc1cncc(Br)c1. The van der Waals surface area contributed by atoms with Crippen molar-refractivity contribution in [3.8, 4) is 0 Å². The molecule has 0 atom stereocenters. The molecule has 0 unspecified atom stereocenters. The number of hydrogen-bond donors (Lipinski definition) is 0. The van der Waals surface area contributed by atoms with E-state index in [1.807, 2.05) is 24.2 Å². The van der Waals surface area contributed by atoms with Gasteiger partial charge in [-0.3, -0.25) is 4.98 Å². The second kappa shape index (κ2) is 6.44. The number of halogens is 1. The van der Waals surface area contributed by atoms with Crippen molar-refractivity contribution in [2.45, 2.75) is 25.5 Å². The van der Waals surface area contributed by atoms with Crippen LogP contribution in [0.3, 0.4) is 0 Å². The van der Waals surface area contributed by atoms with Crippen LogP contribution in [0.4, 0.5) is 0 Å². The third kappa shape index (κ3) is 4.67. The Balaban J connectivity index is 2.28. The van der Waals surface area contributed by atoms with Gasteiger partial charge in [-0.2, -0.15) is 11.8 Å². The van der Waals surface area contributed by atoms with Crippen LogP contribution >= 0.6 is 27.7 Å². The van der Waals surface area contributed by atoms with Gasteiger partial charge in [-0.05, 0) is 39.7 Å². The molecule has 0 aliphatic heterocycles. The molecule has 0 amide bonds. The molecule has 0 aromatic carbocycles. The van der Waals surface area contributed by atoms with Crippen LogP contribution in [0.25, 0.3) is 0 Å². The molecule has 1 nitrogen and oxygen atoms in total. The quantitative estimate of drug-likeness (QED) is 0.745. The molecule has 1 aromatic heterocycles. The van der Waals surface area contributed by atoms with Gasteiger partial charge in [-0.25, -0.2) is 0 Å². The summed E-state index contributed by atoms with van der Waals surface area (Å²) in [4.78, 5) is 4.12. The maximum Gasteiger partial charge on any atom is 0.0410 e. The van der Waals surface area contributed by atoms with Gasteiger partial charge in [0.1, 0.15) is 0 Å². The third-order valence-electron chi connectivity index (χ3n) is 1.67. The maximum absolute atomic E-state index is 4.12. The second-order valence-corrected chi connectivity index (χ2v) is 4.94. The summed E-state index contributed by atoms with van der Waals surface area (Å²) in [5, 5.41) is 0. The van der Waals surface area contributed by atoms with E-state index in [1.165, 1.54) is 24.2 Å². The fourth-order valence-corrected chi connectivity index (χ4v) is 2.41. The lowest BCUT2D eigenvalue weighted by Gasteiger charge is -2.00. The number of pyridine rings is 1. The first-order valence-corrected chi connectivity index (χ1v) is 6.45. The van der Waals surface area contributed by atoms with E-state index in [1.54, 1.807) is 0 Å². The number of aromatic nitrogens is 1. The minimum Gasteiger partial charge on any atom is -0.263 e. The van der Waals surface area contributed by atoms with Crippen molar-refractivity contribution in [1.29, 1.82) is 0 Å². The van der Waals surface area contributed by atoms with E-state index in [0.29, 0.717) is 0 Å². The molecule has 1 heterocycles. The van der Waals surface area contributed by atoms with Crippen LogP contribution in [-0.2, 0) is 5.75 Å². The topological polar surface area (TPSA) is 12.9 Å². The molecule has 3 heteroatoms. The van der Waals surface area contributed by atoms with E-state index >= 15 is 0 Å². The number of unbranched alkanes of at least 4 members (excludes halogenated alkanes) is 1. The summed E-state index contributed by atoms with van der Waals surface area (Å²) in [7, 11) is 0. The van der Waals surface area contributed by atoms with E-state index in [9.17, 15) is 0 Å². The molecular weight excluding hydrogens is 246 g/mol. The standard InChI is InChI=1S/C10H14BrNS/c1-2-3-4-13-8-9-5-10(11)7-12-6-9/h5-7H,2-4,8H2,1H3. The van der Waals surface area contributed by atoms with Crippen molar-refractivity contribution in [2.75, 3.05) is 5.75 Å². The molecule has 0 spiro atoms. The Morgan fingerprint density at radius 2 is 2.31 bits per heavy atom. The van der Waals surface area contributed by atoms with Crippen LogP contribution in [0.5, 0.6) is 0 Å². The monoisotopic (exact) mass is 259 g/mol. The molecule has 0 N–H and O–H groups in total. The zero-order chi connectivity index (χ0) is 9.52. The lowest BCUT2D eigenvalue weighted by molar-refractivity contribution is 0.896. The van der Waals surface area contributed by atoms with Crippen LogP contribution in [0, 0.1) is 0 Å². The molecule has 0 aliphatic carbocycles. The third-order valence-corrected chi connectivity index (χ3v) is 3.22. The first-order chi connectivity index (χ1) is 6.33. The van der Waals surface area contributed by atoms with Gasteiger partial charge in [0.15, 0.2) is 0 Å². The Morgan fingerprint density at radius 3 is 3.00 bits per heavy atom. The van der Waals surface area contributed by atoms with Gasteiger partial charge in [0.05, 0.1) is 0 Å². The second-order valence-electron chi connectivity index (χ2n) is 2.92. The summed E-state index contributed by atoms with van der Waals surface area (Å²) < 4.78 is 1.07. The molecule has 0 aliphatic rings. The molecule has 0 saturated heterocycles. The summed E-state index contributed by atoms with van der Waals surface area (Å²) in [5.74, 6) is 2.33. The van der Waals surface area contributed by atoms with Gasteiger partial charge in [0.2, 0.25) is 0 Å². The first kappa shape index (κ1) is 11.1. The molecule has 72 valence electrons. The van der Waals surface area contributed by atoms with Gasteiger partial charge in [-0.15, -0.1) is 0 Å². The normalized spacial score (nSPS) is 10.3. The van der Waals surface area contributed by atoms with Crippen molar-refractivity contribution in [3.05, 3.63) is 28.5 Å². The molecule has 1 aromatic rings. The molecule has 0 saturated carbocycles. The molecule has 13 heavy (non-hydrogen) atoms. The van der Waals surface area contributed by atoms with Crippen molar-refractivity contribution in [1.82, 2.24) is 4.98 Å². The van der Waals surface area contributed by atoms with Gasteiger partial charge < -0.3 is 0 Å². The average Bonchev–Trinajstić information content (AvgIpc) is 2.13. The Labute approximate surface area is 92.5 Å². The summed E-state index contributed by atoms with van der Waals surface area (Å²) in [5.41, 5.74) is 1.30. The van der Waals surface area contributed by atoms with E-state index in [0.717, 1.165) is 10.2 Å².